The van der Waals surface area contributed by atoms with Gasteiger partial charge in [0, 0.05) is 12.0 Å². The van der Waals surface area contributed by atoms with E-state index < -0.39 is 0 Å². The summed E-state index contributed by atoms with van der Waals surface area (Å²) in [5.41, 5.74) is 10.7. The van der Waals surface area contributed by atoms with E-state index in [0.717, 1.165) is 29.0 Å². The van der Waals surface area contributed by atoms with Crippen molar-refractivity contribution in [3.8, 4) is 11.3 Å². The lowest BCUT2D eigenvalue weighted by Crippen LogP contribution is -2.02. The van der Waals surface area contributed by atoms with Gasteiger partial charge in [-0.3, -0.25) is 0 Å². The minimum atomic E-state index is 0.606. The molecule has 3 aromatic rings. The van der Waals surface area contributed by atoms with Crippen molar-refractivity contribution in [2.75, 3.05) is 6.54 Å². The van der Waals surface area contributed by atoms with Crippen molar-refractivity contribution in [1.82, 2.24) is 14.6 Å². The summed E-state index contributed by atoms with van der Waals surface area (Å²) in [7, 11) is 0. The molecule has 0 aliphatic rings. The number of aryl methyl sites for hydroxylation is 1. The quantitative estimate of drug-likeness (QED) is 0.777. The Morgan fingerprint density at radius 1 is 1.11 bits per heavy atom. The first-order valence-corrected chi connectivity index (χ1v) is 6.39. The zero-order valence-electron chi connectivity index (χ0n) is 10.9. The average Bonchev–Trinajstić information content (AvgIpc) is 2.81. The molecule has 4 nitrogen and oxygen atoms in total. The van der Waals surface area contributed by atoms with Crippen molar-refractivity contribution in [3.63, 3.8) is 0 Å². The van der Waals surface area contributed by atoms with Gasteiger partial charge in [0.1, 0.15) is 0 Å². The van der Waals surface area contributed by atoms with Gasteiger partial charge in [0.25, 0.3) is 0 Å². The Kier molecular flexibility index (Phi) is 3.01. The lowest BCUT2D eigenvalue weighted by molar-refractivity contribution is 0.917. The van der Waals surface area contributed by atoms with E-state index in [1.807, 2.05) is 22.8 Å². The van der Waals surface area contributed by atoms with Crippen LogP contribution in [0.15, 0.2) is 42.6 Å². The van der Waals surface area contributed by atoms with Gasteiger partial charge in [-0.2, -0.15) is 5.10 Å². The second-order valence-corrected chi connectivity index (χ2v) is 4.66. The summed E-state index contributed by atoms with van der Waals surface area (Å²) in [5, 5.41) is 4.59. The van der Waals surface area contributed by atoms with Crippen LogP contribution in [0.5, 0.6) is 0 Å². The smallest absolute Gasteiger partial charge is 0.153 e. The van der Waals surface area contributed by atoms with Gasteiger partial charge in [-0.25, -0.2) is 9.50 Å². The monoisotopic (exact) mass is 252 g/mol. The van der Waals surface area contributed by atoms with E-state index in [2.05, 4.69) is 41.3 Å². The van der Waals surface area contributed by atoms with Crippen LogP contribution in [0.25, 0.3) is 16.9 Å². The minimum Gasteiger partial charge on any atom is -0.330 e. The highest BCUT2D eigenvalue weighted by atomic mass is 15.2. The molecule has 1 aromatic carbocycles. The molecule has 0 aliphatic heterocycles. The van der Waals surface area contributed by atoms with Crippen LogP contribution in [-0.4, -0.2) is 21.1 Å². The molecular weight excluding hydrogens is 236 g/mol. The molecule has 0 amide bonds. The Balaban J connectivity index is 2.03. The number of aromatic nitrogens is 3. The number of fused-ring (bicyclic) bond motifs is 1. The maximum absolute atomic E-state index is 5.55. The fourth-order valence-electron chi connectivity index (χ4n) is 2.08. The lowest BCUT2D eigenvalue weighted by atomic mass is 10.1. The molecule has 2 N–H and O–H groups in total. The molecule has 0 bridgehead atoms. The van der Waals surface area contributed by atoms with Crippen LogP contribution in [-0.2, 0) is 6.42 Å². The summed E-state index contributed by atoms with van der Waals surface area (Å²) in [6.45, 7) is 2.68. The summed E-state index contributed by atoms with van der Waals surface area (Å²) in [6.07, 6.45) is 2.73. The zero-order chi connectivity index (χ0) is 13.2. The van der Waals surface area contributed by atoms with Crippen molar-refractivity contribution < 1.29 is 0 Å². The van der Waals surface area contributed by atoms with E-state index in [-0.39, 0.29) is 0 Å². The van der Waals surface area contributed by atoms with Gasteiger partial charge in [0.05, 0.1) is 17.6 Å². The third kappa shape index (κ3) is 2.35. The van der Waals surface area contributed by atoms with Crippen LogP contribution < -0.4 is 5.73 Å². The third-order valence-corrected chi connectivity index (χ3v) is 3.12. The minimum absolute atomic E-state index is 0.606. The fraction of sp³-hybridized carbons (Fsp3) is 0.200. The Morgan fingerprint density at radius 2 is 1.89 bits per heavy atom. The molecule has 2 aromatic heterocycles. The standard InChI is InChI=1S/C15H16N4/c1-11-2-4-12(5-3-11)14-6-7-15-17-13(8-9-16)10-19(15)18-14/h2-7,10H,8-9,16H2,1H3. The van der Waals surface area contributed by atoms with E-state index >= 15 is 0 Å². The molecule has 4 heteroatoms. The van der Waals surface area contributed by atoms with Crippen molar-refractivity contribution in [1.29, 1.82) is 0 Å². The molecule has 0 saturated carbocycles. The Hall–Kier alpha value is -2.20. The molecule has 96 valence electrons. The van der Waals surface area contributed by atoms with E-state index in [0.29, 0.717) is 6.54 Å². The van der Waals surface area contributed by atoms with Crippen LogP contribution in [0, 0.1) is 6.92 Å². The van der Waals surface area contributed by atoms with E-state index in [9.17, 15) is 0 Å². The predicted octanol–water partition coefficient (Wildman–Crippen LogP) is 2.21. The van der Waals surface area contributed by atoms with E-state index in [1.165, 1.54) is 5.56 Å². The van der Waals surface area contributed by atoms with Gasteiger partial charge in [0.15, 0.2) is 5.65 Å². The highest BCUT2D eigenvalue weighted by Gasteiger charge is 2.04. The first-order valence-electron chi connectivity index (χ1n) is 6.39. The van der Waals surface area contributed by atoms with Gasteiger partial charge in [-0.05, 0) is 25.6 Å². The Morgan fingerprint density at radius 3 is 2.63 bits per heavy atom. The van der Waals surface area contributed by atoms with Crippen molar-refractivity contribution in [3.05, 3.63) is 53.9 Å². The first-order chi connectivity index (χ1) is 9.26. The molecule has 0 saturated heterocycles. The van der Waals surface area contributed by atoms with Crippen molar-refractivity contribution in [2.24, 2.45) is 5.73 Å². The number of nitrogens with two attached hydrogens (primary N) is 1. The third-order valence-electron chi connectivity index (χ3n) is 3.12. The normalized spacial score (nSPS) is 11.1. The molecule has 19 heavy (non-hydrogen) atoms. The molecule has 0 atom stereocenters. The fourth-order valence-corrected chi connectivity index (χ4v) is 2.08. The lowest BCUT2D eigenvalue weighted by Gasteiger charge is -2.01. The number of hydrogen-bond donors (Lipinski definition) is 1. The van der Waals surface area contributed by atoms with Crippen LogP contribution in [0.4, 0.5) is 0 Å². The molecule has 0 aliphatic carbocycles. The molecule has 2 heterocycles. The summed E-state index contributed by atoms with van der Waals surface area (Å²) in [4.78, 5) is 4.47. The van der Waals surface area contributed by atoms with Crippen LogP contribution in [0.2, 0.25) is 0 Å². The molecule has 3 rings (SSSR count). The maximum atomic E-state index is 5.55. The maximum Gasteiger partial charge on any atom is 0.153 e. The van der Waals surface area contributed by atoms with Crippen molar-refractivity contribution >= 4 is 5.65 Å². The molecular formula is C15H16N4. The predicted molar refractivity (Wildman–Crippen MR) is 75.9 cm³/mol. The Labute approximate surface area is 111 Å². The van der Waals surface area contributed by atoms with Gasteiger partial charge in [0.2, 0.25) is 0 Å². The highest BCUT2D eigenvalue weighted by molar-refractivity contribution is 5.60. The van der Waals surface area contributed by atoms with E-state index in [1.54, 1.807) is 0 Å². The van der Waals surface area contributed by atoms with Crippen LogP contribution in [0.3, 0.4) is 0 Å². The van der Waals surface area contributed by atoms with Gasteiger partial charge in [-0.1, -0.05) is 29.8 Å². The number of imidazole rings is 1. The largest absolute Gasteiger partial charge is 0.330 e. The number of nitrogens with zero attached hydrogens (tertiary/aromatic N) is 3. The summed E-state index contributed by atoms with van der Waals surface area (Å²) < 4.78 is 1.82. The summed E-state index contributed by atoms with van der Waals surface area (Å²) >= 11 is 0. The van der Waals surface area contributed by atoms with Crippen LogP contribution in [0.1, 0.15) is 11.3 Å². The zero-order valence-corrected chi connectivity index (χ0v) is 10.9. The highest BCUT2D eigenvalue weighted by Crippen LogP contribution is 2.18. The van der Waals surface area contributed by atoms with Gasteiger partial charge >= 0.3 is 0 Å². The topological polar surface area (TPSA) is 56.2 Å². The first kappa shape index (κ1) is 11.9. The second-order valence-electron chi connectivity index (χ2n) is 4.66. The Bertz CT molecular complexity index is 698. The summed E-state index contributed by atoms with van der Waals surface area (Å²) in [5.74, 6) is 0. The molecule has 0 fully saturated rings. The van der Waals surface area contributed by atoms with Gasteiger partial charge < -0.3 is 5.73 Å². The number of hydrogen-bond acceptors (Lipinski definition) is 3. The van der Waals surface area contributed by atoms with Gasteiger partial charge in [-0.15, -0.1) is 0 Å². The number of benzene rings is 1. The average molecular weight is 252 g/mol. The SMILES string of the molecule is Cc1ccc(-c2ccc3nc(CCN)cn3n2)cc1. The molecule has 0 unspecified atom stereocenters. The molecule has 0 radical (unpaired) electrons. The second kappa shape index (κ2) is 4.82. The van der Waals surface area contributed by atoms with Crippen molar-refractivity contribution in [2.45, 2.75) is 13.3 Å². The summed E-state index contributed by atoms with van der Waals surface area (Å²) in [6, 6.07) is 12.3. The molecule has 0 spiro atoms. The number of rotatable bonds is 3. The van der Waals surface area contributed by atoms with Crippen LogP contribution >= 0.6 is 0 Å². The van der Waals surface area contributed by atoms with E-state index in [4.69, 9.17) is 5.73 Å².